The van der Waals surface area contributed by atoms with E-state index in [9.17, 15) is 4.79 Å². The molecule has 0 amide bonds. The van der Waals surface area contributed by atoms with E-state index in [1.807, 2.05) is 18.2 Å². The molecule has 3 rings (SSSR count). The highest BCUT2D eigenvalue weighted by Crippen LogP contribution is 2.25. The van der Waals surface area contributed by atoms with Crippen molar-refractivity contribution in [3.05, 3.63) is 62.5 Å². The first-order chi connectivity index (χ1) is 11.1. The summed E-state index contributed by atoms with van der Waals surface area (Å²) in [5.41, 5.74) is 0.872. The van der Waals surface area contributed by atoms with Crippen LogP contribution in [-0.4, -0.2) is 46.3 Å². The van der Waals surface area contributed by atoms with Gasteiger partial charge in [0.05, 0.1) is 17.9 Å². The Kier molecular flexibility index (Phi) is 5.02. The largest absolute Gasteiger partial charge is 0.303 e. The van der Waals surface area contributed by atoms with Crippen LogP contribution < -0.4 is 5.56 Å². The summed E-state index contributed by atoms with van der Waals surface area (Å²) in [4.78, 5) is 16.8. The fraction of sp³-hybridized carbons (Fsp3) is 0.375. The predicted molar refractivity (Wildman–Crippen MR) is 91.9 cm³/mol. The molecular formula is C16H18Cl2N4O. The van der Waals surface area contributed by atoms with Gasteiger partial charge in [0, 0.05) is 25.7 Å². The first-order valence-electron chi connectivity index (χ1n) is 7.45. The Hall–Kier alpha value is -1.40. The smallest absolute Gasteiger partial charge is 0.288 e. The van der Waals surface area contributed by atoms with Crippen molar-refractivity contribution in [1.29, 1.82) is 0 Å². The molecule has 1 fully saturated rings. The van der Waals surface area contributed by atoms with E-state index in [4.69, 9.17) is 23.2 Å². The van der Waals surface area contributed by atoms with E-state index in [1.165, 1.54) is 16.4 Å². The Morgan fingerprint density at radius 1 is 1.22 bits per heavy atom. The number of nitrogens with zero attached hydrogens (tertiary/aromatic N) is 4. The topological polar surface area (TPSA) is 41.4 Å². The number of likely N-dealkylation sites (N-methyl/N-ethyl adjacent to an activating group) is 1. The molecule has 0 saturated carbocycles. The molecule has 0 aliphatic carbocycles. The minimum absolute atomic E-state index is 0.0204. The Balaban J connectivity index is 1.88. The van der Waals surface area contributed by atoms with Crippen molar-refractivity contribution in [1.82, 2.24) is 19.6 Å². The van der Waals surface area contributed by atoms with Gasteiger partial charge in [-0.1, -0.05) is 53.5 Å². The minimum Gasteiger partial charge on any atom is -0.303 e. The molecule has 2 aromatic rings. The molecule has 0 spiro atoms. The standard InChI is InChI=1S/C16H18Cl2N4O/c1-20-7-8-21(14(10-20)12-5-3-2-4-6-12)11-22-16(23)15(18)13(17)9-19-22/h2-6,9,14H,7-8,10-11H2,1H3/t14-/m0/s1. The normalized spacial score (nSPS) is 19.9. The zero-order chi connectivity index (χ0) is 16.4. The Bertz CT molecular complexity index is 735. The summed E-state index contributed by atoms with van der Waals surface area (Å²) in [6.45, 7) is 3.09. The van der Waals surface area contributed by atoms with Crippen molar-refractivity contribution in [2.75, 3.05) is 26.7 Å². The van der Waals surface area contributed by atoms with Gasteiger partial charge in [0.1, 0.15) is 5.02 Å². The molecule has 1 aromatic heterocycles. The maximum Gasteiger partial charge on any atom is 0.288 e. The maximum atomic E-state index is 12.2. The third-order valence-electron chi connectivity index (χ3n) is 4.14. The SMILES string of the molecule is CN1CCN(Cn2ncc(Cl)c(Cl)c2=O)[C@H](c2ccccc2)C1. The van der Waals surface area contributed by atoms with E-state index in [-0.39, 0.29) is 21.6 Å². The van der Waals surface area contributed by atoms with Gasteiger partial charge in [0.15, 0.2) is 0 Å². The van der Waals surface area contributed by atoms with E-state index in [1.54, 1.807) is 0 Å². The number of piperazine rings is 1. The lowest BCUT2D eigenvalue weighted by molar-refractivity contribution is 0.0572. The van der Waals surface area contributed by atoms with Crippen LogP contribution >= 0.6 is 23.2 Å². The van der Waals surface area contributed by atoms with E-state index >= 15 is 0 Å². The summed E-state index contributed by atoms with van der Waals surface area (Å²) in [6.07, 6.45) is 1.42. The van der Waals surface area contributed by atoms with Gasteiger partial charge in [-0.05, 0) is 12.6 Å². The van der Waals surface area contributed by atoms with Gasteiger partial charge >= 0.3 is 0 Å². The molecule has 7 heteroatoms. The van der Waals surface area contributed by atoms with Gasteiger partial charge in [-0.2, -0.15) is 5.10 Å². The van der Waals surface area contributed by atoms with Gasteiger partial charge < -0.3 is 4.90 Å². The van der Waals surface area contributed by atoms with Crippen molar-refractivity contribution in [2.24, 2.45) is 0 Å². The molecule has 1 aliphatic rings. The molecule has 1 aliphatic heterocycles. The number of halogens is 2. The van der Waals surface area contributed by atoms with Gasteiger partial charge in [-0.3, -0.25) is 9.69 Å². The Labute approximate surface area is 145 Å². The number of hydrogen-bond acceptors (Lipinski definition) is 4. The van der Waals surface area contributed by atoms with E-state index in [0.29, 0.717) is 6.67 Å². The minimum atomic E-state index is -0.357. The zero-order valence-corrected chi connectivity index (χ0v) is 14.3. The van der Waals surface area contributed by atoms with E-state index < -0.39 is 0 Å². The van der Waals surface area contributed by atoms with E-state index in [2.05, 4.69) is 34.1 Å². The van der Waals surface area contributed by atoms with Crippen molar-refractivity contribution in [3.8, 4) is 0 Å². The molecule has 122 valence electrons. The number of rotatable bonds is 3. The van der Waals surface area contributed by atoms with E-state index in [0.717, 1.165) is 19.6 Å². The fourth-order valence-corrected chi connectivity index (χ4v) is 3.11. The number of aromatic nitrogens is 2. The summed E-state index contributed by atoms with van der Waals surface area (Å²) in [5, 5.41) is 4.32. The predicted octanol–water partition coefficient (Wildman–Crippen LogP) is 2.50. The highest BCUT2D eigenvalue weighted by atomic mass is 35.5. The lowest BCUT2D eigenvalue weighted by Crippen LogP contribution is -2.48. The highest BCUT2D eigenvalue weighted by molar-refractivity contribution is 6.41. The molecule has 0 bridgehead atoms. The van der Waals surface area contributed by atoms with Crippen LogP contribution in [0.5, 0.6) is 0 Å². The quantitative estimate of drug-likeness (QED) is 0.850. The zero-order valence-electron chi connectivity index (χ0n) is 12.8. The second-order valence-electron chi connectivity index (χ2n) is 5.75. The Morgan fingerprint density at radius 3 is 2.70 bits per heavy atom. The molecule has 1 aromatic carbocycles. The second-order valence-corrected chi connectivity index (χ2v) is 6.54. The van der Waals surface area contributed by atoms with Crippen molar-refractivity contribution in [3.63, 3.8) is 0 Å². The third kappa shape index (κ3) is 3.58. The molecule has 2 heterocycles. The average molecular weight is 353 g/mol. The summed E-state index contributed by atoms with van der Waals surface area (Å²) in [7, 11) is 2.11. The van der Waals surface area contributed by atoms with Crippen LogP contribution in [0, 0.1) is 0 Å². The van der Waals surface area contributed by atoms with Crippen LogP contribution in [0.3, 0.4) is 0 Å². The average Bonchev–Trinajstić information content (AvgIpc) is 2.57. The second kappa shape index (κ2) is 7.01. The van der Waals surface area contributed by atoms with Gasteiger partial charge in [-0.25, -0.2) is 4.68 Å². The van der Waals surface area contributed by atoms with Crippen molar-refractivity contribution in [2.45, 2.75) is 12.7 Å². The molecule has 23 heavy (non-hydrogen) atoms. The first kappa shape index (κ1) is 16.5. The lowest BCUT2D eigenvalue weighted by atomic mass is 10.0. The van der Waals surface area contributed by atoms with Crippen LogP contribution in [0.4, 0.5) is 0 Å². The highest BCUT2D eigenvalue weighted by Gasteiger charge is 2.27. The van der Waals surface area contributed by atoms with Crippen molar-refractivity contribution >= 4 is 23.2 Å². The number of hydrogen-bond donors (Lipinski definition) is 0. The molecule has 0 unspecified atom stereocenters. The van der Waals surface area contributed by atoms with Gasteiger partial charge in [-0.15, -0.1) is 0 Å². The third-order valence-corrected chi connectivity index (χ3v) is 4.89. The summed E-state index contributed by atoms with van der Waals surface area (Å²) < 4.78 is 1.37. The maximum absolute atomic E-state index is 12.2. The van der Waals surface area contributed by atoms with Gasteiger partial charge in [0.25, 0.3) is 5.56 Å². The fourth-order valence-electron chi connectivity index (χ4n) is 2.84. The molecule has 0 radical (unpaired) electrons. The lowest BCUT2D eigenvalue weighted by Gasteiger charge is -2.40. The summed E-state index contributed by atoms with van der Waals surface area (Å²) >= 11 is 11.8. The van der Waals surface area contributed by atoms with Crippen LogP contribution in [-0.2, 0) is 6.67 Å². The molecule has 1 atom stereocenters. The van der Waals surface area contributed by atoms with Crippen LogP contribution in [0.2, 0.25) is 10.0 Å². The first-order valence-corrected chi connectivity index (χ1v) is 8.20. The molecule has 5 nitrogen and oxygen atoms in total. The Morgan fingerprint density at radius 2 is 1.96 bits per heavy atom. The monoisotopic (exact) mass is 352 g/mol. The van der Waals surface area contributed by atoms with Crippen molar-refractivity contribution < 1.29 is 0 Å². The van der Waals surface area contributed by atoms with Crippen LogP contribution in [0.1, 0.15) is 11.6 Å². The molecular weight excluding hydrogens is 335 g/mol. The van der Waals surface area contributed by atoms with Crippen LogP contribution in [0.25, 0.3) is 0 Å². The summed E-state index contributed by atoms with van der Waals surface area (Å²) in [6, 6.07) is 10.5. The van der Waals surface area contributed by atoms with Crippen LogP contribution in [0.15, 0.2) is 41.3 Å². The molecule has 0 N–H and O–H groups in total. The molecule has 1 saturated heterocycles. The number of benzene rings is 1. The summed E-state index contributed by atoms with van der Waals surface area (Å²) in [5.74, 6) is 0. The van der Waals surface area contributed by atoms with Gasteiger partial charge in [0.2, 0.25) is 0 Å².